The van der Waals surface area contributed by atoms with Crippen LogP contribution < -0.4 is 11.5 Å². The number of ether oxygens (including phenoxy) is 1. The maximum Gasteiger partial charge on any atom is 0.411 e. The number of nitrogens with two attached hydrogens (primary N) is 2. The van der Waals surface area contributed by atoms with Gasteiger partial charge < -0.3 is 16.2 Å². The minimum absolute atomic E-state index is 0.0744. The van der Waals surface area contributed by atoms with E-state index in [1.54, 1.807) is 12.1 Å². The van der Waals surface area contributed by atoms with Gasteiger partial charge in [0, 0.05) is 24.4 Å². The third kappa shape index (κ3) is 5.01. The number of anilines is 1. The average molecular weight is 249 g/mol. The average Bonchev–Trinajstić information content (AvgIpc) is 2.23. The molecule has 1 rings (SSSR count). The second-order valence-electron chi connectivity index (χ2n) is 3.54. The highest BCUT2D eigenvalue weighted by atomic mass is 19.4. The molecule has 1 atom stereocenters. The van der Waals surface area contributed by atoms with E-state index in [4.69, 9.17) is 11.5 Å². The standard InChI is InChI=1S/C10H14F3N3O/c11-10(12,13)6-17-5-3-8(14)7-2-1-4-16-9(7)15/h1-2,4,8H,3,5-6,14H2,(H2,15,16). The van der Waals surface area contributed by atoms with Crippen molar-refractivity contribution in [2.45, 2.75) is 18.6 Å². The lowest BCUT2D eigenvalue weighted by Crippen LogP contribution is -2.20. The lowest BCUT2D eigenvalue weighted by atomic mass is 10.1. The molecular weight excluding hydrogens is 235 g/mol. The van der Waals surface area contributed by atoms with E-state index in [0.717, 1.165) is 0 Å². The van der Waals surface area contributed by atoms with Gasteiger partial charge in [-0.15, -0.1) is 0 Å². The van der Waals surface area contributed by atoms with Crippen LogP contribution in [-0.4, -0.2) is 24.4 Å². The van der Waals surface area contributed by atoms with Gasteiger partial charge in [0.2, 0.25) is 0 Å². The zero-order valence-electron chi connectivity index (χ0n) is 9.07. The molecule has 0 aromatic carbocycles. The molecule has 0 bridgehead atoms. The van der Waals surface area contributed by atoms with Crippen molar-refractivity contribution in [3.8, 4) is 0 Å². The molecule has 0 amide bonds. The Balaban J connectivity index is 2.36. The molecule has 4 N–H and O–H groups in total. The summed E-state index contributed by atoms with van der Waals surface area (Å²) < 4.78 is 39.8. The van der Waals surface area contributed by atoms with E-state index in [1.807, 2.05) is 0 Å². The molecule has 0 radical (unpaired) electrons. The molecule has 1 heterocycles. The van der Waals surface area contributed by atoms with Gasteiger partial charge in [0.1, 0.15) is 12.4 Å². The summed E-state index contributed by atoms with van der Waals surface area (Å²) in [5, 5.41) is 0. The zero-order valence-corrected chi connectivity index (χ0v) is 9.07. The van der Waals surface area contributed by atoms with E-state index in [0.29, 0.717) is 5.56 Å². The fraction of sp³-hybridized carbons (Fsp3) is 0.500. The molecule has 0 fully saturated rings. The number of aromatic nitrogens is 1. The number of pyridine rings is 1. The van der Waals surface area contributed by atoms with Gasteiger partial charge in [-0.3, -0.25) is 0 Å². The molecule has 7 heteroatoms. The highest BCUT2D eigenvalue weighted by Gasteiger charge is 2.27. The summed E-state index contributed by atoms with van der Waals surface area (Å²) in [5.74, 6) is 0.288. The minimum Gasteiger partial charge on any atom is -0.383 e. The Kier molecular flexibility index (Phi) is 4.71. The van der Waals surface area contributed by atoms with E-state index in [1.165, 1.54) is 6.20 Å². The molecule has 17 heavy (non-hydrogen) atoms. The molecule has 0 saturated carbocycles. The topological polar surface area (TPSA) is 74.2 Å². The number of nitrogen functional groups attached to an aromatic ring is 1. The second kappa shape index (κ2) is 5.83. The van der Waals surface area contributed by atoms with Gasteiger partial charge in [-0.2, -0.15) is 13.2 Å². The summed E-state index contributed by atoms with van der Waals surface area (Å²) >= 11 is 0. The van der Waals surface area contributed by atoms with Crippen molar-refractivity contribution < 1.29 is 17.9 Å². The fourth-order valence-corrected chi connectivity index (χ4v) is 1.30. The van der Waals surface area contributed by atoms with Crippen molar-refractivity contribution in [1.29, 1.82) is 0 Å². The largest absolute Gasteiger partial charge is 0.411 e. The van der Waals surface area contributed by atoms with Crippen LogP contribution in [0, 0.1) is 0 Å². The van der Waals surface area contributed by atoms with Crippen LogP contribution in [0.3, 0.4) is 0 Å². The van der Waals surface area contributed by atoms with Crippen LogP contribution in [0.15, 0.2) is 18.3 Å². The molecule has 1 aromatic heterocycles. The van der Waals surface area contributed by atoms with Gasteiger partial charge in [-0.25, -0.2) is 4.98 Å². The molecule has 1 aromatic rings. The zero-order chi connectivity index (χ0) is 12.9. The third-order valence-electron chi connectivity index (χ3n) is 2.11. The molecule has 0 aliphatic heterocycles. The summed E-state index contributed by atoms with van der Waals surface area (Å²) in [7, 11) is 0. The van der Waals surface area contributed by atoms with E-state index in [9.17, 15) is 13.2 Å². The van der Waals surface area contributed by atoms with E-state index in [-0.39, 0.29) is 18.8 Å². The molecule has 0 aliphatic carbocycles. The van der Waals surface area contributed by atoms with Crippen LogP contribution in [0.5, 0.6) is 0 Å². The van der Waals surface area contributed by atoms with Gasteiger partial charge in [0.15, 0.2) is 0 Å². The first-order valence-corrected chi connectivity index (χ1v) is 5.00. The number of hydrogen-bond donors (Lipinski definition) is 2. The Hall–Kier alpha value is -1.34. The normalized spacial score (nSPS) is 13.6. The highest BCUT2D eigenvalue weighted by Crippen LogP contribution is 2.19. The summed E-state index contributed by atoms with van der Waals surface area (Å²) in [6.07, 6.45) is -2.53. The van der Waals surface area contributed by atoms with Gasteiger partial charge >= 0.3 is 6.18 Å². The van der Waals surface area contributed by atoms with Crippen molar-refractivity contribution >= 4 is 5.82 Å². The molecule has 0 aliphatic rings. The quantitative estimate of drug-likeness (QED) is 0.778. The van der Waals surface area contributed by atoms with E-state index in [2.05, 4.69) is 9.72 Å². The Morgan fingerprint density at radius 3 is 2.71 bits per heavy atom. The van der Waals surface area contributed by atoms with Crippen LogP contribution in [0.4, 0.5) is 19.0 Å². The van der Waals surface area contributed by atoms with Crippen molar-refractivity contribution in [1.82, 2.24) is 4.98 Å². The van der Waals surface area contributed by atoms with Crippen molar-refractivity contribution in [3.63, 3.8) is 0 Å². The van der Waals surface area contributed by atoms with Gasteiger partial charge in [-0.1, -0.05) is 6.07 Å². The van der Waals surface area contributed by atoms with Crippen LogP contribution in [0.1, 0.15) is 18.0 Å². The summed E-state index contributed by atoms with van der Waals surface area (Å²) in [6.45, 7) is -1.34. The molecule has 96 valence electrons. The van der Waals surface area contributed by atoms with E-state index >= 15 is 0 Å². The van der Waals surface area contributed by atoms with Gasteiger partial charge in [0.25, 0.3) is 0 Å². The molecule has 4 nitrogen and oxygen atoms in total. The van der Waals surface area contributed by atoms with Crippen molar-refractivity contribution in [2.75, 3.05) is 18.9 Å². The van der Waals surface area contributed by atoms with Crippen LogP contribution in [0.2, 0.25) is 0 Å². The molecule has 0 saturated heterocycles. The highest BCUT2D eigenvalue weighted by molar-refractivity contribution is 5.40. The maximum atomic E-state index is 11.8. The number of halogens is 3. The smallest absolute Gasteiger partial charge is 0.383 e. The summed E-state index contributed by atoms with van der Waals surface area (Å²) in [4.78, 5) is 3.84. The van der Waals surface area contributed by atoms with Crippen LogP contribution in [0.25, 0.3) is 0 Å². The Labute approximate surface area is 96.8 Å². The third-order valence-corrected chi connectivity index (χ3v) is 2.11. The predicted octanol–water partition coefficient (Wildman–Crippen LogP) is 1.63. The number of nitrogens with zero attached hydrogens (tertiary/aromatic N) is 1. The number of alkyl halides is 3. The minimum atomic E-state index is -4.31. The first-order chi connectivity index (χ1) is 7.90. The fourth-order valence-electron chi connectivity index (χ4n) is 1.30. The van der Waals surface area contributed by atoms with E-state index < -0.39 is 18.8 Å². The monoisotopic (exact) mass is 249 g/mol. The molecule has 1 unspecified atom stereocenters. The van der Waals surface area contributed by atoms with Crippen molar-refractivity contribution in [2.24, 2.45) is 5.73 Å². The van der Waals surface area contributed by atoms with Gasteiger partial charge in [-0.05, 0) is 12.5 Å². The first-order valence-electron chi connectivity index (χ1n) is 5.00. The van der Waals surface area contributed by atoms with Crippen LogP contribution in [-0.2, 0) is 4.74 Å². The Bertz CT molecular complexity index is 357. The second-order valence-corrected chi connectivity index (χ2v) is 3.54. The van der Waals surface area contributed by atoms with Crippen molar-refractivity contribution in [3.05, 3.63) is 23.9 Å². The number of rotatable bonds is 5. The maximum absolute atomic E-state index is 11.8. The predicted molar refractivity (Wildman–Crippen MR) is 57.1 cm³/mol. The summed E-state index contributed by atoms with van der Waals surface area (Å²) in [5.41, 5.74) is 12.0. The first kappa shape index (κ1) is 13.7. The lowest BCUT2D eigenvalue weighted by molar-refractivity contribution is -0.174. The Morgan fingerprint density at radius 1 is 1.41 bits per heavy atom. The lowest BCUT2D eigenvalue weighted by Gasteiger charge is -2.14. The SMILES string of the molecule is Nc1ncccc1C(N)CCOCC(F)(F)F. The molecular formula is C10H14F3N3O. The molecule has 0 spiro atoms. The van der Waals surface area contributed by atoms with Crippen LogP contribution >= 0.6 is 0 Å². The number of hydrogen-bond acceptors (Lipinski definition) is 4. The Morgan fingerprint density at radius 2 is 2.12 bits per heavy atom. The van der Waals surface area contributed by atoms with Gasteiger partial charge in [0.05, 0.1) is 0 Å². The summed E-state index contributed by atoms with van der Waals surface area (Å²) in [6, 6.07) is 2.88.